The maximum Gasteiger partial charge on any atom is 0.330 e. The van der Waals surface area contributed by atoms with Crippen molar-refractivity contribution < 1.29 is 27.9 Å². The van der Waals surface area contributed by atoms with E-state index >= 15 is 0 Å². The number of hydrogen-bond acceptors (Lipinski definition) is 6. The topological polar surface area (TPSA) is 113 Å². The Kier molecular flexibility index (Phi) is 6.99. The average Bonchev–Trinajstić information content (AvgIpc) is 2.66. The molecule has 1 heterocycles. The number of piperidine rings is 1. The number of halogens is 1. The normalized spacial score (nSPS) is 16.7. The number of sulfonamides is 1. The van der Waals surface area contributed by atoms with Crippen LogP contribution in [-0.4, -0.2) is 62.6 Å². The summed E-state index contributed by atoms with van der Waals surface area (Å²) in [6.45, 7) is 0.166. The minimum atomic E-state index is -3.82. The number of benzene rings is 1. The minimum Gasteiger partial charge on any atom is -0.467 e. The van der Waals surface area contributed by atoms with E-state index in [1.54, 1.807) is 0 Å². The molecule has 0 spiro atoms. The van der Waals surface area contributed by atoms with Crippen LogP contribution in [0.5, 0.6) is 0 Å². The summed E-state index contributed by atoms with van der Waals surface area (Å²) in [6.07, 6.45) is 2.51. The number of amides is 1. The van der Waals surface area contributed by atoms with Crippen LogP contribution in [0.4, 0.5) is 0 Å². The highest BCUT2D eigenvalue weighted by Crippen LogP contribution is 2.27. The fourth-order valence-electron chi connectivity index (χ4n) is 2.65. The van der Waals surface area contributed by atoms with Gasteiger partial charge in [-0.3, -0.25) is 4.79 Å². The van der Waals surface area contributed by atoms with Crippen molar-refractivity contribution in [2.24, 2.45) is 0 Å². The van der Waals surface area contributed by atoms with E-state index in [-0.39, 0.29) is 15.5 Å². The Balaban J connectivity index is 2.28. The van der Waals surface area contributed by atoms with Crippen LogP contribution in [0.1, 0.15) is 29.6 Å². The van der Waals surface area contributed by atoms with Crippen LogP contribution in [0.25, 0.3) is 0 Å². The number of hydrogen-bond donors (Lipinski definition) is 2. The summed E-state index contributed by atoms with van der Waals surface area (Å²) in [5.74, 6) is -1.53. The van der Waals surface area contributed by atoms with Crippen molar-refractivity contribution in [1.82, 2.24) is 9.62 Å². The molecule has 0 bridgehead atoms. The fraction of sp³-hybridized carbons (Fsp3) is 0.500. The Hall–Kier alpha value is -1.68. The van der Waals surface area contributed by atoms with E-state index in [9.17, 15) is 23.1 Å². The molecule has 0 saturated carbocycles. The molecule has 1 aliphatic rings. The molecule has 0 radical (unpaired) electrons. The third kappa shape index (κ3) is 4.53. The van der Waals surface area contributed by atoms with Gasteiger partial charge in [0.25, 0.3) is 5.91 Å². The molecular weight excluding hydrogens is 384 g/mol. The lowest BCUT2D eigenvalue weighted by Gasteiger charge is -2.26. The lowest BCUT2D eigenvalue weighted by Crippen LogP contribution is -2.44. The fourth-order valence-corrected chi connectivity index (χ4v) is 4.67. The molecule has 10 heteroatoms. The van der Waals surface area contributed by atoms with Crippen molar-refractivity contribution in [3.05, 3.63) is 28.8 Å². The molecule has 0 aliphatic carbocycles. The van der Waals surface area contributed by atoms with E-state index in [0.717, 1.165) is 26.4 Å². The first-order valence-electron chi connectivity index (χ1n) is 8.10. The van der Waals surface area contributed by atoms with Crippen LogP contribution >= 0.6 is 11.6 Å². The van der Waals surface area contributed by atoms with Crippen LogP contribution in [-0.2, 0) is 19.6 Å². The monoisotopic (exact) mass is 404 g/mol. The van der Waals surface area contributed by atoms with E-state index in [4.69, 9.17) is 11.6 Å². The van der Waals surface area contributed by atoms with E-state index in [1.807, 2.05) is 0 Å². The number of carbonyl (C=O) groups is 2. The van der Waals surface area contributed by atoms with Crippen molar-refractivity contribution in [3.8, 4) is 0 Å². The second kappa shape index (κ2) is 8.81. The lowest BCUT2D eigenvalue weighted by molar-refractivity contribution is -0.143. The van der Waals surface area contributed by atoms with Crippen LogP contribution < -0.4 is 5.32 Å². The molecule has 1 amide bonds. The van der Waals surface area contributed by atoms with Crippen molar-refractivity contribution in [3.63, 3.8) is 0 Å². The maximum absolute atomic E-state index is 12.8. The first-order valence-corrected chi connectivity index (χ1v) is 9.92. The second-order valence-electron chi connectivity index (χ2n) is 5.84. The van der Waals surface area contributed by atoms with Gasteiger partial charge in [-0.2, -0.15) is 4.31 Å². The third-order valence-electron chi connectivity index (χ3n) is 4.10. The summed E-state index contributed by atoms with van der Waals surface area (Å²) in [6, 6.07) is 2.59. The molecule has 1 atom stereocenters. The van der Waals surface area contributed by atoms with Crippen LogP contribution in [0.15, 0.2) is 23.1 Å². The maximum atomic E-state index is 12.8. The highest BCUT2D eigenvalue weighted by atomic mass is 35.5. The van der Waals surface area contributed by atoms with Crippen LogP contribution in [0, 0.1) is 0 Å². The highest BCUT2D eigenvalue weighted by Gasteiger charge is 2.29. The van der Waals surface area contributed by atoms with E-state index in [1.165, 1.54) is 22.5 Å². The average molecular weight is 405 g/mol. The molecule has 0 aromatic heterocycles. The van der Waals surface area contributed by atoms with Crippen molar-refractivity contribution >= 4 is 33.5 Å². The van der Waals surface area contributed by atoms with Gasteiger partial charge in [0.2, 0.25) is 10.0 Å². The number of rotatable bonds is 6. The molecule has 26 heavy (non-hydrogen) atoms. The summed E-state index contributed by atoms with van der Waals surface area (Å²) in [4.78, 5) is 23.6. The van der Waals surface area contributed by atoms with Gasteiger partial charge in [-0.1, -0.05) is 18.0 Å². The smallest absolute Gasteiger partial charge is 0.330 e. The third-order valence-corrected chi connectivity index (χ3v) is 6.48. The molecule has 1 aliphatic heterocycles. The number of aliphatic hydroxyl groups excluding tert-OH is 1. The van der Waals surface area contributed by atoms with E-state index in [0.29, 0.717) is 13.1 Å². The first kappa shape index (κ1) is 20.6. The number of methoxy groups -OCH3 is 1. The minimum absolute atomic E-state index is 0.00679. The number of nitrogens with zero attached hydrogens (tertiary/aromatic N) is 1. The number of nitrogens with one attached hydrogen (secondary N) is 1. The van der Waals surface area contributed by atoms with E-state index in [2.05, 4.69) is 10.1 Å². The first-order chi connectivity index (χ1) is 12.3. The summed E-state index contributed by atoms with van der Waals surface area (Å²) in [5.41, 5.74) is 0.00679. The molecule has 2 N–H and O–H groups in total. The molecule has 1 fully saturated rings. The SMILES string of the molecule is COC(=O)[C@@H](CO)NC(=O)c1ccc(Cl)c(S(=O)(=O)N2CCCCC2)c1. The number of esters is 1. The number of carbonyl (C=O) groups excluding carboxylic acids is 2. The Morgan fingerprint density at radius 3 is 2.54 bits per heavy atom. The molecule has 2 rings (SSSR count). The summed E-state index contributed by atoms with van der Waals surface area (Å²) < 4.78 is 31.5. The zero-order valence-electron chi connectivity index (χ0n) is 14.3. The van der Waals surface area contributed by atoms with Gasteiger partial charge in [0, 0.05) is 18.7 Å². The van der Waals surface area contributed by atoms with Gasteiger partial charge >= 0.3 is 5.97 Å². The zero-order valence-corrected chi connectivity index (χ0v) is 15.8. The van der Waals surface area contributed by atoms with Gasteiger partial charge in [0.1, 0.15) is 4.90 Å². The standard InChI is InChI=1S/C16H21ClN2O6S/c1-25-16(22)13(10-20)18-15(21)11-5-6-12(17)14(9-11)26(23,24)19-7-3-2-4-8-19/h5-6,9,13,20H,2-4,7-8,10H2,1H3,(H,18,21)/t13-/m1/s1. The molecule has 1 aromatic carbocycles. The molecular formula is C16H21ClN2O6S. The van der Waals surface area contributed by atoms with Gasteiger partial charge < -0.3 is 15.2 Å². The van der Waals surface area contributed by atoms with Gasteiger partial charge in [0.15, 0.2) is 6.04 Å². The number of ether oxygens (including phenoxy) is 1. The molecule has 1 aromatic rings. The molecule has 1 saturated heterocycles. The van der Waals surface area contributed by atoms with Crippen molar-refractivity contribution in [2.75, 3.05) is 26.8 Å². The Morgan fingerprint density at radius 1 is 1.31 bits per heavy atom. The highest BCUT2D eigenvalue weighted by molar-refractivity contribution is 7.89. The van der Waals surface area contributed by atoms with Gasteiger partial charge in [-0.15, -0.1) is 0 Å². The quantitative estimate of drug-likeness (QED) is 0.677. The Morgan fingerprint density at radius 2 is 1.96 bits per heavy atom. The molecule has 144 valence electrons. The summed E-state index contributed by atoms with van der Waals surface area (Å²) in [5, 5.41) is 11.5. The van der Waals surface area contributed by atoms with Gasteiger partial charge in [-0.25, -0.2) is 13.2 Å². The molecule has 0 unspecified atom stereocenters. The van der Waals surface area contributed by atoms with Gasteiger partial charge in [-0.05, 0) is 31.0 Å². The predicted octanol–water partition coefficient (Wildman–Crippen LogP) is 0.778. The van der Waals surface area contributed by atoms with Crippen molar-refractivity contribution in [2.45, 2.75) is 30.2 Å². The number of aliphatic hydroxyl groups is 1. The summed E-state index contributed by atoms with van der Waals surface area (Å²) in [7, 11) is -2.70. The van der Waals surface area contributed by atoms with E-state index < -0.39 is 34.5 Å². The molecule has 8 nitrogen and oxygen atoms in total. The van der Waals surface area contributed by atoms with Crippen molar-refractivity contribution in [1.29, 1.82) is 0 Å². The Labute approximate surface area is 157 Å². The van der Waals surface area contributed by atoms with Crippen LogP contribution in [0.2, 0.25) is 5.02 Å². The Bertz CT molecular complexity index is 777. The van der Waals surface area contributed by atoms with Crippen LogP contribution in [0.3, 0.4) is 0 Å². The lowest BCUT2D eigenvalue weighted by atomic mass is 10.2. The zero-order chi connectivity index (χ0) is 19.3. The van der Waals surface area contributed by atoms with Gasteiger partial charge in [0.05, 0.1) is 18.7 Å². The summed E-state index contributed by atoms with van der Waals surface area (Å²) >= 11 is 6.06. The second-order valence-corrected chi connectivity index (χ2v) is 8.16. The largest absolute Gasteiger partial charge is 0.467 e. The predicted molar refractivity (Wildman–Crippen MR) is 94.4 cm³/mol.